The molecule has 0 bridgehead atoms. The van der Waals surface area contributed by atoms with Gasteiger partial charge in [0, 0.05) is 71.6 Å². The molecule has 1 saturated heterocycles. The zero-order valence-electron chi connectivity index (χ0n) is 38.3. The average molecular weight is 885 g/mol. The molecule has 326 valence electrons. The van der Waals surface area contributed by atoms with Crippen LogP contribution in [0.4, 0.5) is 5.69 Å². The number of anilines is 1. The number of hydrogen-bond acceptors (Lipinski definition) is 6. The largest absolute Gasteiger partial charge is 0.364 e. The third kappa shape index (κ3) is 20.1. The molecule has 2 aromatic carbocycles. The molecule has 2 fully saturated rings. The molecular formula is C50H70BrN5O4. The van der Waals surface area contributed by atoms with Gasteiger partial charge >= 0.3 is 5.97 Å². The summed E-state index contributed by atoms with van der Waals surface area (Å²) in [4.78, 5) is 42.5. The van der Waals surface area contributed by atoms with E-state index >= 15 is 0 Å². The number of amides is 2. The number of fused-ring (bicyclic) bond motifs is 3. The van der Waals surface area contributed by atoms with Crippen LogP contribution < -0.4 is 4.90 Å². The van der Waals surface area contributed by atoms with Gasteiger partial charge in [-0.05, 0) is 85.6 Å². The number of halogens is 1. The van der Waals surface area contributed by atoms with Gasteiger partial charge in [0.15, 0.2) is 0 Å². The van der Waals surface area contributed by atoms with Gasteiger partial charge in [0.2, 0.25) is 0 Å². The molecule has 2 aromatic rings. The molecule has 2 aliphatic carbocycles. The van der Waals surface area contributed by atoms with Crippen LogP contribution in [0.2, 0.25) is 0 Å². The summed E-state index contributed by atoms with van der Waals surface area (Å²) in [5.74, 6) is 19.1. The van der Waals surface area contributed by atoms with Crippen molar-refractivity contribution < 1.29 is 19.2 Å². The fourth-order valence-electron chi connectivity index (χ4n) is 6.36. The van der Waals surface area contributed by atoms with Crippen molar-refractivity contribution in [1.82, 2.24) is 5.06 Å². The van der Waals surface area contributed by atoms with Gasteiger partial charge in [-0.2, -0.15) is 0 Å². The number of para-hydroxylation sites is 1. The third-order valence-electron chi connectivity index (χ3n) is 9.61. The first kappa shape index (κ1) is 53.3. The smallest absolute Gasteiger partial charge is 0.335 e. The molecule has 1 saturated carbocycles. The number of carbonyl (C=O) groups is 3. The summed E-state index contributed by atoms with van der Waals surface area (Å²) in [6, 6.07) is 17.4. The highest BCUT2D eigenvalue weighted by molar-refractivity contribution is 9.09. The number of benzene rings is 2. The molecule has 10 heteroatoms. The Hall–Kier alpha value is -4.68. The van der Waals surface area contributed by atoms with Gasteiger partial charge in [-0.3, -0.25) is 9.59 Å². The SMILES string of the molecule is C#CC(C)C.CC(C)C(=O)ON1C(=O)CCC1=O.CC(C)C1[C@H]2CCC#CCC[C@@H]12.CC(C)CBr.CC(C)N1Cc2ccccc2C#Cc2ccccc21.CC(C)N=[N+]=[N-]. The van der Waals surface area contributed by atoms with E-state index in [0.29, 0.717) is 17.0 Å². The minimum atomic E-state index is -0.566. The first-order chi connectivity index (χ1) is 28.4. The number of hydroxylamine groups is 2. The van der Waals surface area contributed by atoms with Crippen LogP contribution in [-0.2, 0) is 25.8 Å². The van der Waals surface area contributed by atoms with Crippen LogP contribution in [-0.4, -0.2) is 40.3 Å². The molecule has 1 unspecified atom stereocenters. The number of alkyl halides is 1. The predicted octanol–water partition coefficient (Wildman–Crippen LogP) is 12.2. The van der Waals surface area contributed by atoms with Crippen LogP contribution in [0.15, 0.2) is 53.6 Å². The second-order valence-electron chi connectivity index (χ2n) is 17.0. The Labute approximate surface area is 370 Å². The summed E-state index contributed by atoms with van der Waals surface area (Å²) < 4.78 is 0. The highest BCUT2D eigenvalue weighted by atomic mass is 79.9. The lowest BCUT2D eigenvalue weighted by atomic mass is 10.0. The lowest BCUT2D eigenvalue weighted by Gasteiger charge is -2.31. The van der Waals surface area contributed by atoms with Crippen molar-refractivity contribution in [3.8, 4) is 36.0 Å². The van der Waals surface area contributed by atoms with Crippen LogP contribution in [0.5, 0.6) is 0 Å². The minimum absolute atomic E-state index is 0.106. The molecule has 2 amide bonds. The molecule has 2 aliphatic heterocycles. The Morgan fingerprint density at radius 3 is 1.77 bits per heavy atom. The highest BCUT2D eigenvalue weighted by Crippen LogP contribution is 2.56. The summed E-state index contributed by atoms with van der Waals surface area (Å²) in [7, 11) is 0. The standard InChI is InChI=1S/C18H17N.C12H18.C8H11NO4.C5H8.C4H9Br.C3H7N3/c1-14(2)19-13-17-9-4-3-7-15(17)11-12-16-8-5-6-10-18(16)19;1-9(2)12-10-7-5-3-4-6-8-11(10)12;1-5(2)8(12)13-9-6(10)3-4-7(9)11;1-4-5(2)3;1-4(2)3-5;1-3(2)5-6-4/h3-10,14H,13H2,1-2H3;9-12H,5-8H2,1-2H3;5H,3-4H2,1-2H3;1,5H,2-3H3;4H,3H2,1-2H3;3H,1-2H3/t;10-,11+,12?;;;;. The number of imide groups is 1. The van der Waals surface area contributed by atoms with E-state index in [9.17, 15) is 14.4 Å². The fraction of sp³-hybridized carbons (Fsp3) is 0.580. The van der Waals surface area contributed by atoms with Crippen molar-refractivity contribution in [2.24, 2.45) is 46.5 Å². The third-order valence-corrected chi connectivity index (χ3v) is 10.9. The van der Waals surface area contributed by atoms with Crippen LogP contribution in [0.25, 0.3) is 10.4 Å². The lowest BCUT2D eigenvalue weighted by Crippen LogP contribution is -2.33. The summed E-state index contributed by atoms with van der Waals surface area (Å²) in [6.45, 7) is 25.4. The van der Waals surface area contributed by atoms with E-state index < -0.39 is 17.8 Å². The van der Waals surface area contributed by atoms with E-state index in [-0.39, 0.29) is 24.8 Å². The summed E-state index contributed by atoms with van der Waals surface area (Å²) in [5.41, 5.74) is 12.5. The Morgan fingerprint density at radius 2 is 1.35 bits per heavy atom. The quantitative estimate of drug-likeness (QED) is 0.0715. The predicted molar refractivity (Wildman–Crippen MR) is 250 cm³/mol. The molecule has 60 heavy (non-hydrogen) atoms. The van der Waals surface area contributed by atoms with Gasteiger partial charge in [0.25, 0.3) is 11.8 Å². The number of rotatable bonds is 6. The molecular weight excluding hydrogens is 814 g/mol. The van der Waals surface area contributed by atoms with Crippen molar-refractivity contribution in [3.05, 3.63) is 75.7 Å². The van der Waals surface area contributed by atoms with Gasteiger partial charge < -0.3 is 9.74 Å². The summed E-state index contributed by atoms with van der Waals surface area (Å²) in [5, 5.41) is 4.98. The van der Waals surface area contributed by atoms with E-state index in [2.05, 4.69) is 155 Å². The van der Waals surface area contributed by atoms with Gasteiger partial charge in [-0.25, -0.2) is 4.79 Å². The number of carbonyl (C=O) groups excluding carboxylic acids is 3. The maximum Gasteiger partial charge on any atom is 0.335 e. The number of hydrogen-bond donors (Lipinski definition) is 0. The molecule has 0 spiro atoms. The van der Waals surface area contributed by atoms with Crippen molar-refractivity contribution in [1.29, 1.82) is 0 Å². The van der Waals surface area contributed by atoms with E-state index in [4.69, 9.17) is 12.0 Å². The van der Waals surface area contributed by atoms with Gasteiger partial charge in [0.05, 0.1) is 11.6 Å². The van der Waals surface area contributed by atoms with Gasteiger partial charge in [-0.1, -0.05) is 132 Å². The lowest BCUT2D eigenvalue weighted by molar-refractivity contribution is -0.199. The Balaban J connectivity index is 0.000000389. The second kappa shape index (κ2) is 28.7. The van der Waals surface area contributed by atoms with Crippen LogP contribution in [0.3, 0.4) is 0 Å². The highest BCUT2D eigenvalue weighted by Gasteiger charge is 2.49. The van der Waals surface area contributed by atoms with Gasteiger partial charge in [0.1, 0.15) is 0 Å². The maximum atomic E-state index is 11.0. The Morgan fingerprint density at radius 1 is 0.867 bits per heavy atom. The van der Waals surface area contributed by atoms with E-state index in [1.165, 1.54) is 24.1 Å². The van der Waals surface area contributed by atoms with E-state index in [1.807, 2.05) is 27.7 Å². The van der Waals surface area contributed by atoms with Crippen LogP contribution in [0, 0.1) is 77.5 Å². The molecule has 3 atom stereocenters. The van der Waals surface area contributed by atoms with Crippen molar-refractivity contribution in [3.63, 3.8) is 0 Å². The van der Waals surface area contributed by atoms with Crippen LogP contribution in [0.1, 0.15) is 138 Å². The Kier molecular flexibility index (Phi) is 25.5. The molecule has 0 N–H and O–H groups in total. The summed E-state index contributed by atoms with van der Waals surface area (Å²) in [6.07, 6.45) is 10.2. The van der Waals surface area contributed by atoms with Crippen molar-refractivity contribution in [2.45, 2.75) is 140 Å². The normalized spacial score (nSPS) is 17.8. The van der Waals surface area contributed by atoms with Crippen LogP contribution >= 0.6 is 15.9 Å². The zero-order chi connectivity index (χ0) is 45.4. The van der Waals surface area contributed by atoms with E-state index in [1.54, 1.807) is 13.8 Å². The number of nitrogens with zero attached hydrogens (tertiary/aromatic N) is 5. The molecule has 9 nitrogen and oxygen atoms in total. The monoisotopic (exact) mass is 883 g/mol. The number of terminal acetylenes is 1. The molecule has 2 heterocycles. The number of azide groups is 1. The summed E-state index contributed by atoms with van der Waals surface area (Å²) >= 11 is 3.31. The molecule has 6 rings (SSSR count). The molecule has 0 aromatic heterocycles. The van der Waals surface area contributed by atoms with E-state index in [0.717, 1.165) is 65.4 Å². The fourth-order valence-corrected chi connectivity index (χ4v) is 6.36. The van der Waals surface area contributed by atoms with Crippen molar-refractivity contribution >= 4 is 39.4 Å². The first-order valence-corrected chi connectivity index (χ1v) is 22.6. The first-order valence-electron chi connectivity index (χ1n) is 21.4. The zero-order valence-corrected chi connectivity index (χ0v) is 39.9. The average Bonchev–Trinajstić information content (AvgIpc) is 3.78. The minimum Gasteiger partial charge on any atom is -0.364 e. The van der Waals surface area contributed by atoms with Gasteiger partial charge in [-0.15, -0.1) is 29.2 Å². The maximum absolute atomic E-state index is 11.0. The van der Waals surface area contributed by atoms with Crippen molar-refractivity contribution in [2.75, 3.05) is 10.2 Å². The second-order valence-corrected chi connectivity index (χ2v) is 17.7. The Bertz CT molecular complexity index is 1830. The molecule has 4 aliphatic rings. The topological polar surface area (TPSA) is 116 Å². The molecule has 0 radical (unpaired) electrons.